The summed E-state index contributed by atoms with van der Waals surface area (Å²) in [5.41, 5.74) is 6.11. The summed E-state index contributed by atoms with van der Waals surface area (Å²) in [4.78, 5) is 35.2. The van der Waals surface area contributed by atoms with Crippen molar-refractivity contribution in [2.24, 2.45) is 5.73 Å². The zero-order valence-corrected chi connectivity index (χ0v) is 13.8. The number of hydrogen-bond donors (Lipinski definition) is 6. The fraction of sp³-hybridized carbons (Fsp3) is 0.400. The van der Waals surface area contributed by atoms with E-state index in [2.05, 4.69) is 23.3 Å². The molecule has 8 nitrogen and oxygen atoms in total. The van der Waals surface area contributed by atoms with Gasteiger partial charge in [0.1, 0.15) is 18.1 Å². The second-order valence-electron chi connectivity index (χ2n) is 5.12. The summed E-state index contributed by atoms with van der Waals surface area (Å²) in [5, 5.41) is 22.8. The summed E-state index contributed by atoms with van der Waals surface area (Å²) in [6.07, 6.45) is 0.102. The highest BCUT2D eigenvalue weighted by molar-refractivity contribution is 7.80. The van der Waals surface area contributed by atoms with E-state index in [0.717, 1.165) is 5.56 Å². The molecular formula is C15H21N3O5S. The fourth-order valence-electron chi connectivity index (χ4n) is 1.88. The van der Waals surface area contributed by atoms with E-state index in [9.17, 15) is 19.5 Å². The molecular weight excluding hydrogens is 334 g/mol. The van der Waals surface area contributed by atoms with Gasteiger partial charge in [-0.1, -0.05) is 30.3 Å². The van der Waals surface area contributed by atoms with E-state index in [1.807, 2.05) is 0 Å². The van der Waals surface area contributed by atoms with Gasteiger partial charge in [-0.3, -0.25) is 9.59 Å². The first kappa shape index (κ1) is 19.9. The first-order chi connectivity index (χ1) is 11.4. The van der Waals surface area contributed by atoms with Gasteiger partial charge in [-0.25, -0.2) is 4.79 Å². The van der Waals surface area contributed by atoms with E-state index in [4.69, 9.17) is 10.8 Å². The van der Waals surface area contributed by atoms with Crippen molar-refractivity contribution in [3.8, 4) is 0 Å². The monoisotopic (exact) mass is 355 g/mol. The molecule has 9 heteroatoms. The van der Waals surface area contributed by atoms with Crippen LogP contribution in [0.15, 0.2) is 30.3 Å². The second-order valence-corrected chi connectivity index (χ2v) is 5.49. The third kappa shape index (κ3) is 6.19. The van der Waals surface area contributed by atoms with Crippen LogP contribution in [0.4, 0.5) is 0 Å². The Hall–Kier alpha value is -2.10. The number of aliphatic carboxylic acids is 1. The topological polar surface area (TPSA) is 142 Å². The largest absolute Gasteiger partial charge is 0.480 e. The average molecular weight is 355 g/mol. The number of aliphatic hydroxyl groups is 1. The Labute approximate surface area is 144 Å². The lowest BCUT2D eigenvalue weighted by Gasteiger charge is -2.21. The van der Waals surface area contributed by atoms with Crippen LogP contribution in [0.3, 0.4) is 0 Å². The van der Waals surface area contributed by atoms with Crippen molar-refractivity contribution < 1.29 is 24.6 Å². The van der Waals surface area contributed by atoms with Crippen LogP contribution in [-0.2, 0) is 20.8 Å². The number of thiol groups is 1. The molecule has 0 aliphatic rings. The highest BCUT2D eigenvalue weighted by atomic mass is 32.1. The van der Waals surface area contributed by atoms with Gasteiger partial charge >= 0.3 is 5.97 Å². The summed E-state index contributed by atoms with van der Waals surface area (Å²) in [6.45, 7) is -0.571. The predicted octanol–water partition coefficient (Wildman–Crippen LogP) is -1.47. The van der Waals surface area contributed by atoms with Crippen molar-refractivity contribution in [2.45, 2.75) is 24.5 Å². The quantitative estimate of drug-likeness (QED) is 0.299. The van der Waals surface area contributed by atoms with E-state index < -0.39 is 42.5 Å². The van der Waals surface area contributed by atoms with Gasteiger partial charge in [0, 0.05) is 12.2 Å². The zero-order valence-electron chi connectivity index (χ0n) is 12.9. The molecule has 0 spiro atoms. The Morgan fingerprint density at radius 2 is 1.67 bits per heavy atom. The van der Waals surface area contributed by atoms with E-state index in [1.54, 1.807) is 30.3 Å². The standard InChI is InChI=1S/C15H21N3O5S/c16-10(7-19)13(20)18-12(8-24)14(21)17-11(15(22)23)6-9-4-2-1-3-5-9/h1-5,10-12,19,24H,6-8,16H2,(H,17,21)(H,18,20)(H,22,23). The molecule has 6 N–H and O–H groups in total. The maximum Gasteiger partial charge on any atom is 0.326 e. The number of carbonyl (C=O) groups excluding carboxylic acids is 2. The fourth-order valence-corrected chi connectivity index (χ4v) is 2.14. The van der Waals surface area contributed by atoms with Crippen LogP contribution in [0.25, 0.3) is 0 Å². The molecule has 0 radical (unpaired) electrons. The maximum atomic E-state index is 12.2. The Balaban J connectivity index is 2.72. The Kier molecular flexibility index (Phi) is 8.24. The van der Waals surface area contributed by atoms with Gasteiger partial charge in [0.15, 0.2) is 0 Å². The minimum Gasteiger partial charge on any atom is -0.480 e. The smallest absolute Gasteiger partial charge is 0.326 e. The lowest BCUT2D eigenvalue weighted by molar-refractivity contribution is -0.142. The van der Waals surface area contributed by atoms with E-state index in [1.165, 1.54) is 0 Å². The van der Waals surface area contributed by atoms with Gasteiger partial charge in [-0.05, 0) is 5.56 Å². The van der Waals surface area contributed by atoms with Crippen LogP contribution >= 0.6 is 12.6 Å². The third-order valence-corrected chi connectivity index (χ3v) is 3.61. The molecule has 1 aromatic carbocycles. The molecule has 132 valence electrons. The lowest BCUT2D eigenvalue weighted by Crippen LogP contribution is -2.56. The van der Waals surface area contributed by atoms with Gasteiger partial charge in [0.2, 0.25) is 11.8 Å². The van der Waals surface area contributed by atoms with Crippen LogP contribution < -0.4 is 16.4 Å². The first-order valence-corrected chi connectivity index (χ1v) is 7.87. The van der Waals surface area contributed by atoms with Crippen LogP contribution in [0.2, 0.25) is 0 Å². The normalized spacial score (nSPS) is 14.3. The number of hydrogen-bond acceptors (Lipinski definition) is 6. The molecule has 1 rings (SSSR count). The molecule has 2 amide bonds. The highest BCUT2D eigenvalue weighted by Crippen LogP contribution is 2.04. The summed E-state index contributed by atoms with van der Waals surface area (Å²) < 4.78 is 0. The van der Waals surface area contributed by atoms with Crippen molar-refractivity contribution in [3.05, 3.63) is 35.9 Å². The molecule has 0 heterocycles. The van der Waals surface area contributed by atoms with Crippen molar-refractivity contribution in [2.75, 3.05) is 12.4 Å². The molecule has 24 heavy (non-hydrogen) atoms. The molecule has 0 saturated heterocycles. The van der Waals surface area contributed by atoms with Crippen LogP contribution in [-0.4, -0.2) is 58.5 Å². The average Bonchev–Trinajstić information content (AvgIpc) is 2.58. The Bertz CT molecular complexity index is 569. The summed E-state index contributed by atoms with van der Waals surface area (Å²) >= 11 is 3.97. The number of nitrogens with one attached hydrogen (secondary N) is 2. The summed E-state index contributed by atoms with van der Waals surface area (Å²) in [5.74, 6) is -2.65. The molecule has 3 atom stereocenters. The Morgan fingerprint density at radius 1 is 1.08 bits per heavy atom. The zero-order chi connectivity index (χ0) is 18.1. The highest BCUT2D eigenvalue weighted by Gasteiger charge is 2.27. The van der Waals surface area contributed by atoms with Gasteiger partial charge in [0.25, 0.3) is 0 Å². The van der Waals surface area contributed by atoms with Gasteiger partial charge in [-0.2, -0.15) is 12.6 Å². The number of rotatable bonds is 9. The number of aliphatic hydroxyl groups excluding tert-OH is 1. The van der Waals surface area contributed by atoms with Crippen LogP contribution in [0.5, 0.6) is 0 Å². The third-order valence-electron chi connectivity index (χ3n) is 3.25. The maximum absolute atomic E-state index is 12.2. The second kappa shape index (κ2) is 9.91. The Morgan fingerprint density at radius 3 is 2.17 bits per heavy atom. The number of carboxylic acid groups (broad SMARTS) is 1. The number of nitrogens with two attached hydrogens (primary N) is 1. The van der Waals surface area contributed by atoms with Crippen molar-refractivity contribution in [1.29, 1.82) is 0 Å². The van der Waals surface area contributed by atoms with Gasteiger partial charge in [-0.15, -0.1) is 0 Å². The summed E-state index contributed by atoms with van der Waals surface area (Å²) in [6, 6.07) is 5.46. The van der Waals surface area contributed by atoms with E-state index >= 15 is 0 Å². The molecule has 0 bridgehead atoms. The van der Waals surface area contributed by atoms with E-state index in [-0.39, 0.29) is 12.2 Å². The van der Waals surface area contributed by atoms with Crippen LogP contribution in [0, 0.1) is 0 Å². The van der Waals surface area contributed by atoms with Crippen molar-refractivity contribution in [3.63, 3.8) is 0 Å². The molecule has 0 saturated carbocycles. The van der Waals surface area contributed by atoms with E-state index in [0.29, 0.717) is 0 Å². The number of benzene rings is 1. The molecule has 3 unspecified atom stereocenters. The molecule has 0 aliphatic heterocycles. The van der Waals surface area contributed by atoms with Crippen LogP contribution in [0.1, 0.15) is 5.56 Å². The molecule has 0 fully saturated rings. The molecule has 1 aromatic rings. The first-order valence-electron chi connectivity index (χ1n) is 7.23. The lowest BCUT2D eigenvalue weighted by atomic mass is 10.1. The number of carboxylic acids is 1. The summed E-state index contributed by atoms with van der Waals surface area (Å²) in [7, 11) is 0. The predicted molar refractivity (Wildman–Crippen MR) is 90.6 cm³/mol. The SMILES string of the molecule is NC(CO)C(=O)NC(CS)C(=O)NC(Cc1ccccc1)C(=O)O. The van der Waals surface area contributed by atoms with Crippen molar-refractivity contribution >= 4 is 30.4 Å². The van der Waals surface area contributed by atoms with Crippen molar-refractivity contribution in [1.82, 2.24) is 10.6 Å². The molecule has 0 aromatic heterocycles. The minimum absolute atomic E-state index is 0.0482. The number of amides is 2. The number of carbonyl (C=O) groups is 3. The minimum atomic E-state index is -1.19. The van der Waals surface area contributed by atoms with Gasteiger partial charge in [0.05, 0.1) is 6.61 Å². The van der Waals surface area contributed by atoms with Gasteiger partial charge < -0.3 is 26.6 Å². The molecule has 0 aliphatic carbocycles.